The normalized spacial score (nSPS) is 17.1. The van der Waals surface area contributed by atoms with Crippen molar-refractivity contribution in [3.8, 4) is 16.9 Å². The zero-order valence-corrected chi connectivity index (χ0v) is 29.8. The third-order valence-corrected chi connectivity index (χ3v) is 10.7. The molecule has 0 radical (unpaired) electrons. The molecule has 0 saturated heterocycles. The summed E-state index contributed by atoms with van der Waals surface area (Å²) in [6.45, 7) is 4.91. The average molecular weight is 726 g/mol. The van der Waals surface area contributed by atoms with E-state index in [1.54, 1.807) is 47.0 Å². The SMILES string of the molecule is Cc1c(Cl)cccc1OCCOC(=O)N1C[C@@H]2C[C@@H]2c2c(-c3cnn(Cc4cc(C(=O)NC(C)CCS(C)(=O)=O)ccc4Cl)c3)cccc21. The van der Waals surface area contributed by atoms with Gasteiger partial charge in [-0.05, 0) is 91.6 Å². The molecule has 4 aromatic rings. The van der Waals surface area contributed by atoms with E-state index in [4.69, 9.17) is 32.7 Å². The zero-order chi connectivity index (χ0) is 34.9. The number of sulfone groups is 1. The van der Waals surface area contributed by atoms with Crippen molar-refractivity contribution in [2.24, 2.45) is 5.92 Å². The molecule has 2 amide bonds. The number of carbonyl (C=O) groups is 2. The lowest BCUT2D eigenvalue weighted by Crippen LogP contribution is -2.37. The first kappa shape index (κ1) is 34.8. The lowest BCUT2D eigenvalue weighted by atomic mass is 9.93. The first-order valence-electron chi connectivity index (χ1n) is 16.1. The topological polar surface area (TPSA) is 120 Å². The van der Waals surface area contributed by atoms with Crippen LogP contribution in [0.3, 0.4) is 0 Å². The molecule has 6 rings (SSSR count). The number of hydrogen-bond acceptors (Lipinski definition) is 7. The summed E-state index contributed by atoms with van der Waals surface area (Å²) in [5.41, 5.74) is 5.85. The van der Waals surface area contributed by atoms with E-state index in [1.807, 2.05) is 37.4 Å². The molecular formula is C36H38Cl2N4O6S. The van der Waals surface area contributed by atoms with Crippen molar-refractivity contribution in [3.05, 3.63) is 99.3 Å². The Morgan fingerprint density at radius 3 is 2.67 bits per heavy atom. The lowest BCUT2D eigenvalue weighted by molar-refractivity contribution is 0.0939. The van der Waals surface area contributed by atoms with Gasteiger partial charge in [-0.25, -0.2) is 13.2 Å². The van der Waals surface area contributed by atoms with Crippen LogP contribution in [-0.4, -0.2) is 68.0 Å². The predicted octanol–water partition coefficient (Wildman–Crippen LogP) is 6.91. The molecule has 3 aromatic carbocycles. The molecule has 1 saturated carbocycles. The Morgan fingerprint density at radius 1 is 1.08 bits per heavy atom. The molecule has 0 bridgehead atoms. The highest BCUT2D eigenvalue weighted by Gasteiger charge is 2.48. The first-order chi connectivity index (χ1) is 23.4. The van der Waals surface area contributed by atoms with Crippen LogP contribution in [0.15, 0.2) is 67.0 Å². The average Bonchev–Trinajstić information content (AvgIpc) is 3.71. The summed E-state index contributed by atoms with van der Waals surface area (Å²) in [4.78, 5) is 27.9. The second-order valence-electron chi connectivity index (χ2n) is 12.8. The van der Waals surface area contributed by atoms with Crippen LogP contribution >= 0.6 is 23.2 Å². The summed E-state index contributed by atoms with van der Waals surface area (Å²) in [7, 11) is -3.12. The highest BCUT2D eigenvalue weighted by molar-refractivity contribution is 7.90. The summed E-state index contributed by atoms with van der Waals surface area (Å²) in [6.07, 6.45) is 5.83. The monoisotopic (exact) mass is 724 g/mol. The number of benzene rings is 3. The summed E-state index contributed by atoms with van der Waals surface area (Å²) >= 11 is 12.7. The molecule has 3 atom stereocenters. The highest BCUT2D eigenvalue weighted by Crippen LogP contribution is 2.57. The predicted molar refractivity (Wildman–Crippen MR) is 191 cm³/mol. The summed E-state index contributed by atoms with van der Waals surface area (Å²) in [5.74, 6) is 1.07. The quantitative estimate of drug-likeness (QED) is 0.158. The van der Waals surface area contributed by atoms with Crippen molar-refractivity contribution in [3.63, 3.8) is 0 Å². The lowest BCUT2D eigenvalue weighted by Gasteiger charge is -2.29. The van der Waals surface area contributed by atoms with Crippen LogP contribution in [0.1, 0.15) is 52.7 Å². The molecule has 258 valence electrons. The summed E-state index contributed by atoms with van der Waals surface area (Å²) < 4.78 is 36.2. The third-order valence-electron chi connectivity index (χ3n) is 8.97. The summed E-state index contributed by atoms with van der Waals surface area (Å²) in [6, 6.07) is 16.1. The number of ether oxygens (including phenoxy) is 2. The van der Waals surface area contributed by atoms with Gasteiger partial charge in [-0.3, -0.25) is 14.4 Å². The molecule has 2 aliphatic rings. The van der Waals surface area contributed by atoms with Gasteiger partial charge >= 0.3 is 6.09 Å². The van der Waals surface area contributed by atoms with E-state index in [0.717, 1.165) is 34.4 Å². The van der Waals surface area contributed by atoms with E-state index in [1.165, 1.54) is 6.26 Å². The number of nitrogens with zero attached hydrogens (tertiary/aromatic N) is 3. The van der Waals surface area contributed by atoms with Crippen LogP contribution in [0.4, 0.5) is 10.5 Å². The van der Waals surface area contributed by atoms with E-state index in [9.17, 15) is 18.0 Å². The smallest absolute Gasteiger partial charge is 0.414 e. The number of aromatic nitrogens is 2. The molecule has 49 heavy (non-hydrogen) atoms. The van der Waals surface area contributed by atoms with Gasteiger partial charge in [0.15, 0.2) is 0 Å². The van der Waals surface area contributed by atoms with Crippen LogP contribution in [-0.2, 0) is 21.1 Å². The van der Waals surface area contributed by atoms with E-state index in [-0.39, 0.29) is 30.9 Å². The van der Waals surface area contributed by atoms with Crippen molar-refractivity contribution in [2.75, 3.05) is 36.7 Å². The van der Waals surface area contributed by atoms with Crippen molar-refractivity contribution in [2.45, 2.75) is 45.2 Å². The van der Waals surface area contributed by atoms with Crippen molar-refractivity contribution in [1.82, 2.24) is 15.1 Å². The minimum atomic E-state index is -3.12. The molecule has 0 spiro atoms. The largest absolute Gasteiger partial charge is 0.490 e. The number of amides is 2. The Morgan fingerprint density at radius 2 is 1.88 bits per heavy atom. The number of rotatable bonds is 12. The Balaban J connectivity index is 1.12. The third kappa shape index (κ3) is 8.22. The standard InChI is InChI=1S/C36H38Cl2N4O6S/c1-22(12-15-49(3,45)46)40-35(43)24-10-11-31(38)26(16-24)19-41-20-27(18-39-41)28-6-4-8-32-34(28)29-17-25(29)21-42(32)36(44)48-14-13-47-33-9-5-7-30(37)23(33)2/h4-11,16,18,20,22,25,29H,12-15,17,19,21H2,1-3H3,(H,40,43)/t22?,25-,29-/m0/s1. The number of fused-ring (bicyclic) bond motifs is 3. The molecule has 1 aliphatic heterocycles. The number of nitrogens with one attached hydrogen (secondary N) is 1. The van der Waals surface area contributed by atoms with E-state index >= 15 is 0 Å². The van der Waals surface area contributed by atoms with Gasteiger partial charge in [-0.15, -0.1) is 0 Å². The van der Waals surface area contributed by atoms with Crippen molar-refractivity contribution < 1.29 is 27.5 Å². The highest BCUT2D eigenvalue weighted by atomic mass is 35.5. The minimum Gasteiger partial charge on any atom is -0.490 e. The number of carbonyl (C=O) groups excluding carboxylic acids is 2. The maximum absolute atomic E-state index is 13.3. The molecule has 1 unspecified atom stereocenters. The van der Waals surface area contributed by atoms with Gasteiger partial charge in [0, 0.05) is 51.8 Å². The van der Waals surface area contributed by atoms with Crippen LogP contribution in [0, 0.1) is 12.8 Å². The molecule has 2 heterocycles. The molecule has 1 aliphatic carbocycles. The van der Waals surface area contributed by atoms with Crippen LogP contribution in [0.2, 0.25) is 10.0 Å². The second kappa shape index (κ2) is 14.4. The molecule has 1 N–H and O–H groups in total. The Hall–Kier alpha value is -4.06. The maximum Gasteiger partial charge on any atom is 0.414 e. The maximum atomic E-state index is 13.3. The Bertz CT molecular complexity index is 2000. The fraction of sp³-hybridized carbons (Fsp3) is 0.361. The van der Waals surface area contributed by atoms with Crippen molar-refractivity contribution in [1.29, 1.82) is 0 Å². The zero-order valence-electron chi connectivity index (χ0n) is 27.5. The van der Waals surface area contributed by atoms with Gasteiger partial charge in [-0.2, -0.15) is 5.10 Å². The van der Waals surface area contributed by atoms with Gasteiger partial charge in [0.1, 0.15) is 28.8 Å². The van der Waals surface area contributed by atoms with Crippen LogP contribution < -0.4 is 15.0 Å². The van der Waals surface area contributed by atoms with Gasteiger partial charge in [-0.1, -0.05) is 41.4 Å². The van der Waals surface area contributed by atoms with Gasteiger partial charge in [0.05, 0.1) is 24.2 Å². The van der Waals surface area contributed by atoms with Gasteiger partial charge < -0.3 is 14.8 Å². The second-order valence-corrected chi connectivity index (χ2v) is 15.9. The molecule has 13 heteroatoms. The van der Waals surface area contributed by atoms with E-state index in [2.05, 4.69) is 16.5 Å². The fourth-order valence-corrected chi connectivity index (χ4v) is 7.34. The van der Waals surface area contributed by atoms with Crippen molar-refractivity contribution >= 4 is 50.7 Å². The summed E-state index contributed by atoms with van der Waals surface area (Å²) in [5, 5.41) is 8.58. The molecule has 10 nitrogen and oxygen atoms in total. The van der Waals surface area contributed by atoms with E-state index in [0.29, 0.717) is 58.3 Å². The van der Waals surface area contributed by atoms with Crippen LogP contribution in [0.25, 0.3) is 11.1 Å². The van der Waals surface area contributed by atoms with E-state index < -0.39 is 15.9 Å². The number of halogens is 2. The number of hydrogen-bond donors (Lipinski definition) is 1. The number of anilines is 1. The molecule has 1 aromatic heterocycles. The Labute approximate surface area is 296 Å². The van der Waals surface area contributed by atoms with Gasteiger partial charge in [0.2, 0.25) is 0 Å². The Kier molecular flexibility index (Phi) is 10.2. The first-order valence-corrected chi connectivity index (χ1v) is 18.9. The molecular weight excluding hydrogens is 687 g/mol. The molecule has 1 fully saturated rings. The fourth-order valence-electron chi connectivity index (χ4n) is 6.21. The van der Waals surface area contributed by atoms with Gasteiger partial charge in [0.25, 0.3) is 5.91 Å². The minimum absolute atomic E-state index is 0.00313. The van der Waals surface area contributed by atoms with Crippen LogP contribution in [0.5, 0.6) is 5.75 Å².